The smallest absolute Gasteiger partial charge is 0.143 e. The quantitative estimate of drug-likeness (QED) is 0.136. The summed E-state index contributed by atoms with van der Waals surface area (Å²) in [5, 5.41) is 7.15. The molecule has 0 aliphatic carbocycles. The minimum absolute atomic E-state index is 0.887. The molecule has 0 N–H and O–H groups in total. The zero-order valence-corrected chi connectivity index (χ0v) is 46.0. The van der Waals surface area contributed by atoms with E-state index in [1.807, 2.05) is 29.2 Å². The molecule has 0 unspecified atom stereocenters. The lowest BCUT2D eigenvalue weighted by Gasteiger charge is -2.36. The average molecular weight is 1080 g/mol. The standard InChI is InChI=1S/C76H49N3OS2/c1-2-17-50(18-3-1)51-35-41-55(42-36-51)77(56-43-37-53(38-44-56)62-24-15-26-66-64-22-6-10-31-71(64)80-75(62)66)58-47-59(49-60(48-58)79-69-28-8-12-33-73(69)81-74-34-13-9-29-70(74)79)78(68-30-14-20-52-19-4-5-21-61(52)68)57-45-39-54(40-46-57)63-25-16-27-67-65-23-7-11-32-72(65)82-76(63)67/h1-49H. The topological polar surface area (TPSA) is 22.9 Å². The SMILES string of the molecule is c1ccc(-c2ccc(N(c3ccc(-c4cccc5c4oc4ccccc45)cc3)c3cc(N4c5ccccc5Sc5ccccc54)cc(N(c4ccc(-c5cccc6c5sc5ccccc56)cc4)c4cccc5ccccc45)c3)cc2)cc1. The maximum absolute atomic E-state index is 6.59. The number of hydrogen-bond donors (Lipinski definition) is 0. The molecule has 15 aromatic rings. The Morgan fingerprint density at radius 3 is 1.57 bits per heavy atom. The first-order valence-corrected chi connectivity index (χ1v) is 29.3. The molecule has 0 spiro atoms. The highest BCUT2D eigenvalue weighted by Crippen LogP contribution is 2.54. The molecular formula is C76H49N3OS2. The Bertz CT molecular complexity index is 4860. The second-order valence-electron chi connectivity index (χ2n) is 20.8. The van der Waals surface area contributed by atoms with Crippen LogP contribution >= 0.6 is 23.1 Å². The van der Waals surface area contributed by atoms with Crippen molar-refractivity contribution in [1.29, 1.82) is 0 Å². The monoisotopic (exact) mass is 1080 g/mol. The molecular weight excluding hydrogens is 1030 g/mol. The van der Waals surface area contributed by atoms with Crippen LogP contribution in [0.15, 0.2) is 311 Å². The van der Waals surface area contributed by atoms with Crippen molar-refractivity contribution in [1.82, 2.24) is 0 Å². The van der Waals surface area contributed by atoms with E-state index in [9.17, 15) is 0 Å². The van der Waals surface area contributed by atoms with Crippen LogP contribution in [0.3, 0.4) is 0 Å². The molecule has 0 fully saturated rings. The molecule has 1 aliphatic rings. The molecule has 16 rings (SSSR count). The number of hydrogen-bond acceptors (Lipinski definition) is 6. The number of rotatable bonds is 10. The van der Waals surface area contributed by atoms with Crippen LogP contribution in [-0.4, -0.2) is 0 Å². The van der Waals surface area contributed by atoms with Crippen LogP contribution < -0.4 is 14.7 Å². The third kappa shape index (κ3) is 8.22. The highest BCUT2D eigenvalue weighted by atomic mass is 32.2. The molecule has 0 radical (unpaired) electrons. The predicted molar refractivity (Wildman–Crippen MR) is 349 cm³/mol. The molecule has 13 aromatic carbocycles. The first-order valence-electron chi connectivity index (χ1n) is 27.7. The van der Waals surface area contributed by atoms with E-state index in [1.54, 1.807) is 0 Å². The second kappa shape index (κ2) is 19.9. The molecule has 4 nitrogen and oxygen atoms in total. The molecule has 1 aliphatic heterocycles. The van der Waals surface area contributed by atoms with Crippen molar-refractivity contribution in [2.75, 3.05) is 14.7 Å². The van der Waals surface area contributed by atoms with Crippen LogP contribution in [0.2, 0.25) is 0 Å². The Morgan fingerprint density at radius 2 is 0.841 bits per heavy atom. The number of para-hydroxylation sites is 4. The zero-order valence-electron chi connectivity index (χ0n) is 44.4. The molecule has 3 heterocycles. The van der Waals surface area contributed by atoms with Gasteiger partial charge in [-0.15, -0.1) is 11.3 Å². The molecule has 6 heteroatoms. The molecule has 0 saturated heterocycles. The van der Waals surface area contributed by atoms with E-state index < -0.39 is 0 Å². The van der Waals surface area contributed by atoms with E-state index in [0.29, 0.717) is 0 Å². The second-order valence-corrected chi connectivity index (χ2v) is 23.0. The van der Waals surface area contributed by atoms with Gasteiger partial charge in [-0.05, 0) is 130 Å². The fourth-order valence-electron chi connectivity index (χ4n) is 12.2. The van der Waals surface area contributed by atoms with Crippen molar-refractivity contribution >= 4 is 127 Å². The van der Waals surface area contributed by atoms with Crippen molar-refractivity contribution in [2.24, 2.45) is 0 Å². The largest absolute Gasteiger partial charge is 0.455 e. The fraction of sp³-hybridized carbons (Fsp3) is 0. The highest BCUT2D eigenvalue weighted by molar-refractivity contribution is 7.99. The molecule has 82 heavy (non-hydrogen) atoms. The molecule has 0 amide bonds. The highest BCUT2D eigenvalue weighted by Gasteiger charge is 2.28. The summed E-state index contributed by atoms with van der Waals surface area (Å²) < 4.78 is 9.20. The summed E-state index contributed by atoms with van der Waals surface area (Å²) in [6.07, 6.45) is 0. The molecule has 0 bridgehead atoms. The van der Waals surface area contributed by atoms with E-state index in [2.05, 4.69) is 306 Å². The van der Waals surface area contributed by atoms with Gasteiger partial charge in [0.15, 0.2) is 0 Å². The van der Waals surface area contributed by atoms with Gasteiger partial charge in [-0.25, -0.2) is 0 Å². The first-order chi connectivity index (χ1) is 40.6. The van der Waals surface area contributed by atoms with Crippen LogP contribution in [0.1, 0.15) is 0 Å². The Morgan fingerprint density at radius 1 is 0.329 bits per heavy atom. The molecule has 2 aromatic heterocycles. The number of anilines is 9. The summed E-state index contributed by atoms with van der Waals surface area (Å²) in [4.78, 5) is 9.74. The number of nitrogens with zero attached hydrogens (tertiary/aromatic N) is 3. The van der Waals surface area contributed by atoms with Crippen molar-refractivity contribution in [3.05, 3.63) is 297 Å². The van der Waals surface area contributed by atoms with Crippen LogP contribution in [0, 0.1) is 0 Å². The van der Waals surface area contributed by atoms with Crippen LogP contribution in [0.4, 0.5) is 51.2 Å². The van der Waals surface area contributed by atoms with Crippen molar-refractivity contribution < 1.29 is 4.42 Å². The third-order valence-corrected chi connectivity index (χ3v) is 18.4. The average Bonchev–Trinajstić information content (AvgIpc) is 4.27. The summed E-state index contributed by atoms with van der Waals surface area (Å²) in [6, 6.07) is 108. The fourth-order valence-corrected chi connectivity index (χ4v) is 14.5. The minimum atomic E-state index is 0.887. The lowest BCUT2D eigenvalue weighted by atomic mass is 10.0. The van der Waals surface area contributed by atoms with Gasteiger partial charge in [0.2, 0.25) is 0 Å². The summed E-state index contributed by atoms with van der Waals surface area (Å²) in [5.41, 5.74) is 18.1. The summed E-state index contributed by atoms with van der Waals surface area (Å²) in [7, 11) is 0. The first kappa shape index (κ1) is 47.9. The van der Waals surface area contributed by atoms with Crippen molar-refractivity contribution in [3.8, 4) is 33.4 Å². The molecule has 0 saturated carbocycles. The van der Waals surface area contributed by atoms with Crippen LogP contribution in [-0.2, 0) is 0 Å². The number of furan rings is 1. The Labute approximate surface area is 483 Å². The van der Waals surface area contributed by atoms with Crippen molar-refractivity contribution in [3.63, 3.8) is 0 Å². The van der Waals surface area contributed by atoms with Gasteiger partial charge in [0, 0.05) is 68.7 Å². The van der Waals surface area contributed by atoms with Crippen molar-refractivity contribution in [2.45, 2.75) is 9.79 Å². The summed E-state index contributed by atoms with van der Waals surface area (Å²) in [5.74, 6) is 0. The van der Waals surface area contributed by atoms with Gasteiger partial charge in [-0.3, -0.25) is 0 Å². The summed E-state index contributed by atoms with van der Waals surface area (Å²) in [6.45, 7) is 0. The normalized spacial score (nSPS) is 12.1. The number of thiophene rings is 1. The van der Waals surface area contributed by atoms with Crippen LogP contribution in [0.25, 0.3) is 86.3 Å². The van der Waals surface area contributed by atoms with Gasteiger partial charge in [-0.2, -0.15) is 0 Å². The maximum Gasteiger partial charge on any atom is 0.143 e. The van der Waals surface area contributed by atoms with Crippen LogP contribution in [0.5, 0.6) is 0 Å². The molecule has 386 valence electrons. The van der Waals surface area contributed by atoms with E-state index in [0.717, 1.165) is 95.2 Å². The van der Waals surface area contributed by atoms with Gasteiger partial charge < -0.3 is 19.1 Å². The van der Waals surface area contributed by atoms with Gasteiger partial charge in [0.1, 0.15) is 11.2 Å². The van der Waals surface area contributed by atoms with E-state index in [1.165, 1.54) is 52.0 Å². The maximum atomic E-state index is 6.59. The lowest BCUT2D eigenvalue weighted by molar-refractivity contribution is 0.670. The Kier molecular flexibility index (Phi) is 11.6. The van der Waals surface area contributed by atoms with E-state index in [-0.39, 0.29) is 0 Å². The Hall–Kier alpha value is -10.1. The minimum Gasteiger partial charge on any atom is -0.455 e. The van der Waals surface area contributed by atoms with Gasteiger partial charge in [0.05, 0.1) is 34.1 Å². The molecule has 0 atom stereocenters. The number of fused-ring (bicyclic) bond motifs is 9. The van der Waals surface area contributed by atoms with E-state index in [4.69, 9.17) is 4.42 Å². The Balaban J connectivity index is 0.924. The summed E-state index contributed by atoms with van der Waals surface area (Å²) >= 11 is 3.69. The third-order valence-electron chi connectivity index (χ3n) is 16.0. The van der Waals surface area contributed by atoms with E-state index >= 15 is 0 Å². The lowest BCUT2D eigenvalue weighted by Crippen LogP contribution is -2.18. The van der Waals surface area contributed by atoms with Gasteiger partial charge in [0.25, 0.3) is 0 Å². The number of benzene rings is 13. The van der Waals surface area contributed by atoms with Gasteiger partial charge in [-0.1, -0.05) is 212 Å². The predicted octanol–water partition coefficient (Wildman–Crippen LogP) is 23.0. The zero-order chi connectivity index (χ0) is 54.1. The van der Waals surface area contributed by atoms with Gasteiger partial charge >= 0.3 is 0 Å².